The molecule has 0 bridgehead atoms. The third-order valence-electron chi connectivity index (χ3n) is 1.85. The van der Waals surface area contributed by atoms with Gasteiger partial charge < -0.3 is 4.74 Å². The van der Waals surface area contributed by atoms with Crippen molar-refractivity contribution >= 4 is 29.6 Å². The van der Waals surface area contributed by atoms with Crippen LogP contribution in [0.15, 0.2) is 0 Å². The first kappa shape index (κ1) is 15.8. The summed E-state index contributed by atoms with van der Waals surface area (Å²) in [4.78, 5) is 56.3. The van der Waals surface area contributed by atoms with Crippen LogP contribution >= 0.6 is 0 Å². The highest BCUT2D eigenvalue weighted by Crippen LogP contribution is 2.00. The van der Waals surface area contributed by atoms with Gasteiger partial charge in [0, 0.05) is 27.8 Å². The number of esters is 1. The molecule has 0 aliphatic carbocycles. The fourth-order valence-electron chi connectivity index (χ4n) is 0.952. The molecule has 0 saturated carbocycles. The highest BCUT2D eigenvalue weighted by molar-refractivity contribution is 6.12. The largest absolute Gasteiger partial charge is 0.442 e. The lowest BCUT2D eigenvalue weighted by Crippen LogP contribution is -2.50. The van der Waals surface area contributed by atoms with Crippen LogP contribution in [0.4, 0.5) is 0 Å². The number of rotatable bonds is 3. The predicted molar refractivity (Wildman–Crippen MR) is 57.8 cm³/mol. The zero-order chi connectivity index (χ0) is 14.5. The number of nitrogens with zero attached hydrogens (tertiary/aromatic N) is 1. The summed E-state index contributed by atoms with van der Waals surface area (Å²) in [5, 5.41) is 1.81. The van der Waals surface area contributed by atoms with Gasteiger partial charge in [0.05, 0.1) is 0 Å². The molecule has 0 aliphatic rings. The van der Waals surface area contributed by atoms with Crippen LogP contribution in [0, 0.1) is 0 Å². The van der Waals surface area contributed by atoms with Crippen molar-refractivity contribution in [2.24, 2.45) is 0 Å². The standard InChI is InChI=1S/C10H14N2O6/c1-5(13)11-9(16)8(18-7(3)15)10(17)12(4)6(2)14/h8H,1-4H3,(H,11,13,16). The average molecular weight is 258 g/mol. The normalized spacial score (nSPS) is 11.1. The van der Waals surface area contributed by atoms with Crippen LogP contribution in [0.5, 0.6) is 0 Å². The predicted octanol–water partition coefficient (Wildman–Crippen LogP) is -1.41. The lowest BCUT2D eigenvalue weighted by atomic mass is 10.2. The van der Waals surface area contributed by atoms with Crippen molar-refractivity contribution in [2.45, 2.75) is 26.9 Å². The first-order valence-corrected chi connectivity index (χ1v) is 4.93. The quantitative estimate of drug-likeness (QED) is 0.491. The van der Waals surface area contributed by atoms with Gasteiger partial charge in [0.2, 0.25) is 11.8 Å². The molecule has 100 valence electrons. The maximum atomic E-state index is 11.7. The van der Waals surface area contributed by atoms with Crippen LogP contribution in [-0.2, 0) is 28.7 Å². The van der Waals surface area contributed by atoms with Gasteiger partial charge in [-0.25, -0.2) is 0 Å². The maximum Gasteiger partial charge on any atom is 0.303 e. The van der Waals surface area contributed by atoms with E-state index in [1.165, 1.54) is 0 Å². The van der Waals surface area contributed by atoms with E-state index in [-0.39, 0.29) is 0 Å². The van der Waals surface area contributed by atoms with E-state index in [2.05, 4.69) is 4.74 Å². The Hall–Kier alpha value is -2.25. The molecule has 0 aromatic heterocycles. The number of imide groups is 2. The lowest BCUT2D eigenvalue weighted by Gasteiger charge is -2.19. The zero-order valence-corrected chi connectivity index (χ0v) is 10.5. The molecule has 0 heterocycles. The van der Waals surface area contributed by atoms with E-state index < -0.39 is 35.7 Å². The topological polar surface area (TPSA) is 110 Å². The van der Waals surface area contributed by atoms with E-state index in [9.17, 15) is 24.0 Å². The fraction of sp³-hybridized carbons (Fsp3) is 0.500. The number of carbonyl (C=O) groups excluding carboxylic acids is 5. The summed E-state index contributed by atoms with van der Waals surface area (Å²) in [6, 6.07) is 0. The van der Waals surface area contributed by atoms with E-state index >= 15 is 0 Å². The Bertz CT molecular complexity index is 403. The molecule has 0 fully saturated rings. The molecule has 1 atom stereocenters. The molecule has 1 unspecified atom stereocenters. The summed E-state index contributed by atoms with van der Waals surface area (Å²) >= 11 is 0. The van der Waals surface area contributed by atoms with Crippen molar-refractivity contribution in [1.82, 2.24) is 10.2 Å². The fourth-order valence-corrected chi connectivity index (χ4v) is 0.952. The van der Waals surface area contributed by atoms with Gasteiger partial charge in [-0.2, -0.15) is 0 Å². The molecule has 0 spiro atoms. The third kappa shape index (κ3) is 4.73. The molecule has 4 amide bonds. The van der Waals surface area contributed by atoms with Crippen LogP contribution in [0.2, 0.25) is 0 Å². The first-order chi connectivity index (χ1) is 8.16. The Morgan fingerprint density at radius 1 is 1.06 bits per heavy atom. The van der Waals surface area contributed by atoms with Gasteiger partial charge in [-0.15, -0.1) is 0 Å². The Balaban J connectivity index is 5.04. The molecule has 0 radical (unpaired) electrons. The molecule has 8 heteroatoms. The van der Waals surface area contributed by atoms with Crippen molar-refractivity contribution in [1.29, 1.82) is 0 Å². The van der Waals surface area contributed by atoms with Crippen molar-refractivity contribution < 1.29 is 28.7 Å². The maximum absolute atomic E-state index is 11.7. The minimum atomic E-state index is -1.86. The molecular formula is C10H14N2O6. The van der Waals surface area contributed by atoms with Crippen molar-refractivity contribution in [3.8, 4) is 0 Å². The van der Waals surface area contributed by atoms with E-state index in [1.807, 2.05) is 5.32 Å². The molecule has 1 N–H and O–H groups in total. The highest BCUT2D eigenvalue weighted by atomic mass is 16.6. The summed E-state index contributed by atoms with van der Waals surface area (Å²) < 4.78 is 4.50. The van der Waals surface area contributed by atoms with Crippen molar-refractivity contribution in [3.05, 3.63) is 0 Å². The smallest absolute Gasteiger partial charge is 0.303 e. The average Bonchev–Trinajstić information content (AvgIpc) is 2.22. The molecular weight excluding hydrogens is 244 g/mol. The number of amides is 4. The minimum Gasteiger partial charge on any atom is -0.442 e. The summed E-state index contributed by atoms with van der Waals surface area (Å²) in [5.74, 6) is -4.36. The number of likely N-dealkylation sites (N-methyl/N-ethyl adjacent to an activating group) is 1. The van der Waals surface area contributed by atoms with E-state index in [0.29, 0.717) is 4.90 Å². The Morgan fingerprint density at radius 2 is 1.56 bits per heavy atom. The lowest BCUT2D eigenvalue weighted by molar-refractivity contribution is -0.165. The second-order valence-electron chi connectivity index (χ2n) is 3.45. The van der Waals surface area contributed by atoms with Crippen molar-refractivity contribution in [2.75, 3.05) is 7.05 Å². The van der Waals surface area contributed by atoms with Gasteiger partial charge in [0.15, 0.2) is 0 Å². The second-order valence-corrected chi connectivity index (χ2v) is 3.45. The minimum absolute atomic E-state index is 0.618. The molecule has 0 saturated heterocycles. The van der Waals surface area contributed by atoms with Gasteiger partial charge in [0.1, 0.15) is 0 Å². The summed E-state index contributed by atoms with van der Waals surface area (Å²) in [6.45, 7) is 3.16. The number of nitrogens with one attached hydrogen (secondary N) is 1. The van der Waals surface area contributed by atoms with Crippen LogP contribution in [-0.4, -0.2) is 47.6 Å². The van der Waals surface area contributed by atoms with Gasteiger partial charge >= 0.3 is 5.97 Å². The Morgan fingerprint density at radius 3 is 1.89 bits per heavy atom. The molecule has 0 aromatic carbocycles. The first-order valence-electron chi connectivity index (χ1n) is 4.93. The summed E-state index contributed by atoms with van der Waals surface area (Å²) in [5.41, 5.74) is 0. The number of hydrogen-bond acceptors (Lipinski definition) is 6. The Kier molecular flexibility index (Phi) is 5.67. The van der Waals surface area contributed by atoms with Crippen molar-refractivity contribution in [3.63, 3.8) is 0 Å². The number of hydrogen-bond donors (Lipinski definition) is 1. The van der Waals surface area contributed by atoms with E-state index in [0.717, 1.165) is 27.8 Å². The highest BCUT2D eigenvalue weighted by Gasteiger charge is 2.34. The van der Waals surface area contributed by atoms with Crippen LogP contribution in [0.1, 0.15) is 20.8 Å². The van der Waals surface area contributed by atoms with E-state index in [4.69, 9.17) is 0 Å². The Labute approximate surface area is 103 Å². The van der Waals surface area contributed by atoms with Gasteiger partial charge in [-0.3, -0.25) is 34.2 Å². The molecule has 0 aliphatic heterocycles. The number of carbonyl (C=O) groups is 5. The molecule has 18 heavy (non-hydrogen) atoms. The van der Waals surface area contributed by atoms with Crippen LogP contribution in [0.3, 0.4) is 0 Å². The number of ether oxygens (including phenoxy) is 1. The summed E-state index contributed by atoms with van der Waals surface area (Å²) in [7, 11) is 1.13. The molecule has 0 rings (SSSR count). The third-order valence-corrected chi connectivity index (χ3v) is 1.85. The van der Waals surface area contributed by atoms with Crippen LogP contribution < -0.4 is 5.32 Å². The second kappa shape index (κ2) is 6.48. The van der Waals surface area contributed by atoms with Gasteiger partial charge in [-0.05, 0) is 0 Å². The van der Waals surface area contributed by atoms with Crippen LogP contribution in [0.25, 0.3) is 0 Å². The SMILES string of the molecule is CC(=O)NC(=O)C(OC(C)=O)C(=O)N(C)C(C)=O. The van der Waals surface area contributed by atoms with Gasteiger partial charge in [0.25, 0.3) is 17.9 Å². The monoisotopic (exact) mass is 258 g/mol. The summed E-state index contributed by atoms with van der Waals surface area (Å²) in [6.07, 6.45) is -1.86. The van der Waals surface area contributed by atoms with Gasteiger partial charge in [-0.1, -0.05) is 0 Å². The molecule has 8 nitrogen and oxygen atoms in total. The molecule has 0 aromatic rings. The zero-order valence-electron chi connectivity index (χ0n) is 10.5. The van der Waals surface area contributed by atoms with E-state index in [1.54, 1.807) is 0 Å².